The molecule has 1 fully saturated rings. The van der Waals surface area contributed by atoms with E-state index in [1.54, 1.807) is 6.20 Å². The summed E-state index contributed by atoms with van der Waals surface area (Å²) >= 11 is 0. The highest BCUT2D eigenvalue weighted by atomic mass is 16.5. The molecule has 7 rings (SSSR count). The maximum Gasteiger partial charge on any atom is 0.245 e. The van der Waals surface area contributed by atoms with Crippen LogP contribution in [0.15, 0.2) is 73.6 Å². The number of hydrogen-bond donors (Lipinski definition) is 2. The van der Waals surface area contributed by atoms with Crippen molar-refractivity contribution in [3.8, 4) is 22.8 Å². The van der Waals surface area contributed by atoms with E-state index in [1.807, 2.05) is 51.0 Å². The third-order valence-corrected chi connectivity index (χ3v) is 8.30. The molecule has 0 saturated carbocycles. The van der Waals surface area contributed by atoms with Gasteiger partial charge in [-0.25, -0.2) is 20.4 Å². The molecule has 1 amide bonds. The van der Waals surface area contributed by atoms with Gasteiger partial charge in [-0.05, 0) is 61.6 Å². The molecule has 41 heavy (non-hydrogen) atoms. The van der Waals surface area contributed by atoms with Gasteiger partial charge in [0.2, 0.25) is 5.91 Å². The summed E-state index contributed by atoms with van der Waals surface area (Å²) in [6.07, 6.45) is 10.2. The third-order valence-electron chi connectivity index (χ3n) is 8.30. The van der Waals surface area contributed by atoms with Gasteiger partial charge in [0.1, 0.15) is 22.9 Å². The number of amides is 1. The molecule has 4 aromatic rings. The van der Waals surface area contributed by atoms with Crippen LogP contribution in [0.5, 0.6) is 5.75 Å². The minimum atomic E-state index is 0.0275. The molecule has 3 aliphatic heterocycles. The molecule has 6 heterocycles. The Morgan fingerprint density at radius 3 is 2.83 bits per heavy atom. The Morgan fingerprint density at radius 1 is 1.17 bits per heavy atom. The fourth-order valence-electron chi connectivity index (χ4n) is 6.15. The Bertz CT molecular complexity index is 1670. The molecule has 208 valence electrons. The van der Waals surface area contributed by atoms with E-state index in [0.717, 1.165) is 72.9 Å². The maximum atomic E-state index is 12.0. The quantitative estimate of drug-likeness (QED) is 0.345. The van der Waals surface area contributed by atoms with E-state index in [4.69, 9.17) is 20.4 Å². The van der Waals surface area contributed by atoms with E-state index in [1.165, 1.54) is 11.6 Å². The first-order valence-corrected chi connectivity index (χ1v) is 14.1. The van der Waals surface area contributed by atoms with E-state index < -0.39 is 0 Å². The third kappa shape index (κ3) is 4.59. The minimum Gasteiger partial charge on any atom is -0.493 e. The van der Waals surface area contributed by atoms with Gasteiger partial charge in [0.05, 0.1) is 17.9 Å². The van der Waals surface area contributed by atoms with E-state index in [9.17, 15) is 4.79 Å². The van der Waals surface area contributed by atoms with Crippen molar-refractivity contribution < 1.29 is 9.53 Å². The first kappa shape index (κ1) is 25.3. The van der Waals surface area contributed by atoms with Gasteiger partial charge in [-0.15, -0.1) is 0 Å². The topological polar surface area (TPSA) is 114 Å². The number of nitrogens with zero attached hydrogens (tertiary/aromatic N) is 6. The van der Waals surface area contributed by atoms with Crippen LogP contribution in [0.25, 0.3) is 28.2 Å². The van der Waals surface area contributed by atoms with Crippen LogP contribution >= 0.6 is 0 Å². The van der Waals surface area contributed by atoms with Crippen LogP contribution in [0, 0.1) is 5.92 Å². The molecule has 0 bridgehead atoms. The molecule has 3 aromatic heterocycles. The number of benzene rings is 1. The minimum absolute atomic E-state index is 0.0275. The predicted octanol–water partition coefficient (Wildman–Crippen LogP) is 4.19. The van der Waals surface area contributed by atoms with Crippen LogP contribution in [0.4, 0.5) is 11.6 Å². The molecule has 10 heteroatoms. The molecule has 0 aliphatic carbocycles. The second kappa shape index (κ2) is 10.4. The van der Waals surface area contributed by atoms with E-state index in [2.05, 4.69) is 35.2 Å². The van der Waals surface area contributed by atoms with Gasteiger partial charge in [0, 0.05) is 49.6 Å². The number of hydrogen-bond acceptors (Lipinski definition) is 8. The molecule has 0 spiro atoms. The zero-order chi connectivity index (χ0) is 27.9. The number of ether oxygens (including phenoxy) is 1. The monoisotopic (exact) mass is 548 g/mol. The van der Waals surface area contributed by atoms with Gasteiger partial charge in [0.15, 0.2) is 11.5 Å². The standard InChI is InChI=1S/C31H32N8O2/c1-2-28(40)37-15-10-20(11-16-37)17-21-19-41-26-18-22(6-7-23(21)26)39-30(24-5-3-12-33-29(24)32)35-25-8-9-27(36-31(25)39)38-14-4-13-34-38/h2-9,12,14,18,20-21,34H,1,10-11,13,15-17,19H2,(H2,32,33). The van der Waals surface area contributed by atoms with Crippen molar-refractivity contribution in [2.75, 3.05) is 37.0 Å². The normalized spacial score (nSPS) is 18.6. The Balaban J connectivity index is 1.22. The smallest absolute Gasteiger partial charge is 0.245 e. The Kier molecular flexibility index (Phi) is 6.39. The highest BCUT2D eigenvalue weighted by Gasteiger charge is 2.30. The van der Waals surface area contributed by atoms with Gasteiger partial charge in [-0.1, -0.05) is 18.7 Å². The number of pyridine rings is 2. The predicted molar refractivity (Wildman–Crippen MR) is 158 cm³/mol. The number of nitrogen functional groups attached to an aromatic ring is 1. The number of nitrogens with two attached hydrogens (primary N) is 1. The van der Waals surface area contributed by atoms with Crippen molar-refractivity contribution in [2.45, 2.75) is 25.2 Å². The van der Waals surface area contributed by atoms with Gasteiger partial charge < -0.3 is 15.4 Å². The van der Waals surface area contributed by atoms with Crippen molar-refractivity contribution in [2.24, 2.45) is 5.92 Å². The molecular weight excluding hydrogens is 516 g/mol. The highest BCUT2D eigenvalue weighted by Crippen LogP contribution is 2.41. The highest BCUT2D eigenvalue weighted by molar-refractivity contribution is 5.87. The number of anilines is 2. The number of imidazole rings is 1. The van der Waals surface area contributed by atoms with Crippen LogP contribution in [-0.2, 0) is 4.79 Å². The number of aromatic nitrogens is 4. The second-order valence-corrected chi connectivity index (χ2v) is 10.8. The largest absolute Gasteiger partial charge is 0.493 e. The summed E-state index contributed by atoms with van der Waals surface area (Å²) in [6, 6.07) is 14.1. The van der Waals surface area contributed by atoms with Crippen molar-refractivity contribution in [1.82, 2.24) is 29.8 Å². The lowest BCUT2D eigenvalue weighted by atomic mass is 9.84. The zero-order valence-corrected chi connectivity index (χ0v) is 22.7. The molecule has 3 N–H and O–H groups in total. The van der Waals surface area contributed by atoms with E-state index in [-0.39, 0.29) is 5.91 Å². The van der Waals surface area contributed by atoms with Crippen molar-refractivity contribution in [3.05, 3.63) is 79.2 Å². The van der Waals surface area contributed by atoms with Crippen LogP contribution in [0.3, 0.4) is 0 Å². The molecule has 10 nitrogen and oxygen atoms in total. The average molecular weight is 549 g/mol. The summed E-state index contributed by atoms with van der Waals surface area (Å²) in [4.78, 5) is 28.1. The summed E-state index contributed by atoms with van der Waals surface area (Å²) in [5, 5.41) is 1.91. The molecule has 3 aliphatic rings. The Hall–Kier alpha value is -4.70. The zero-order valence-electron chi connectivity index (χ0n) is 22.7. The number of carbonyl (C=O) groups excluding carboxylic acids is 1. The summed E-state index contributed by atoms with van der Waals surface area (Å²) in [5.41, 5.74) is 14.0. The average Bonchev–Trinajstić information content (AvgIpc) is 3.76. The summed E-state index contributed by atoms with van der Waals surface area (Å²) in [5.74, 6) is 3.67. The number of rotatable bonds is 6. The van der Waals surface area contributed by atoms with Crippen LogP contribution < -0.4 is 20.9 Å². The molecule has 1 unspecified atom stereocenters. The molecule has 0 radical (unpaired) electrons. The summed E-state index contributed by atoms with van der Waals surface area (Å²) in [6.45, 7) is 6.62. The molecule has 1 aromatic carbocycles. The lowest BCUT2D eigenvalue weighted by Gasteiger charge is -2.32. The van der Waals surface area contributed by atoms with Crippen LogP contribution in [-0.4, -0.2) is 56.6 Å². The number of nitrogens with one attached hydrogen (secondary N) is 1. The lowest BCUT2D eigenvalue weighted by molar-refractivity contribution is -0.127. The van der Waals surface area contributed by atoms with Crippen molar-refractivity contribution in [3.63, 3.8) is 0 Å². The van der Waals surface area contributed by atoms with Crippen LogP contribution in [0.2, 0.25) is 0 Å². The van der Waals surface area contributed by atoms with Gasteiger partial charge in [0.25, 0.3) is 0 Å². The second-order valence-electron chi connectivity index (χ2n) is 10.8. The SMILES string of the molecule is C=CC(=O)N1CCC(CC2COc3cc(-n4c(-c5cccnc5N)nc5ccc(N6C=CCN6)nc54)ccc32)CC1. The maximum absolute atomic E-state index is 12.0. The number of hydrazine groups is 1. The first-order valence-electron chi connectivity index (χ1n) is 14.1. The fourth-order valence-corrected chi connectivity index (χ4v) is 6.15. The number of carbonyl (C=O) groups is 1. The Labute approximate surface area is 238 Å². The van der Waals surface area contributed by atoms with Crippen molar-refractivity contribution in [1.29, 1.82) is 0 Å². The van der Waals surface area contributed by atoms with E-state index >= 15 is 0 Å². The number of piperidine rings is 1. The first-order chi connectivity index (χ1) is 20.1. The lowest BCUT2D eigenvalue weighted by Crippen LogP contribution is -2.37. The summed E-state index contributed by atoms with van der Waals surface area (Å²) in [7, 11) is 0. The van der Waals surface area contributed by atoms with Gasteiger partial charge >= 0.3 is 0 Å². The summed E-state index contributed by atoms with van der Waals surface area (Å²) < 4.78 is 8.30. The fraction of sp³-hybridized carbons (Fsp3) is 0.290. The molecule has 1 saturated heterocycles. The van der Waals surface area contributed by atoms with Crippen LogP contribution in [0.1, 0.15) is 30.7 Å². The van der Waals surface area contributed by atoms with E-state index in [0.29, 0.717) is 30.1 Å². The Morgan fingerprint density at radius 2 is 2.05 bits per heavy atom. The van der Waals surface area contributed by atoms with Crippen molar-refractivity contribution >= 4 is 28.7 Å². The van der Waals surface area contributed by atoms with Gasteiger partial charge in [-0.2, -0.15) is 0 Å². The van der Waals surface area contributed by atoms with Gasteiger partial charge in [-0.3, -0.25) is 14.4 Å². The number of likely N-dealkylation sites (tertiary alicyclic amines) is 1. The molecule has 1 atom stereocenters. The number of fused-ring (bicyclic) bond motifs is 2. The molecular formula is C31H32N8O2.